The molecule has 0 aliphatic carbocycles. The van der Waals surface area contributed by atoms with Gasteiger partial charge in [0.1, 0.15) is 5.75 Å². The van der Waals surface area contributed by atoms with Gasteiger partial charge in [0.05, 0.1) is 26.9 Å². The van der Waals surface area contributed by atoms with Crippen LogP contribution < -0.4 is 15.4 Å². The summed E-state index contributed by atoms with van der Waals surface area (Å²) in [6.07, 6.45) is 5.57. The average molecular weight is 600 g/mol. The Bertz CT molecular complexity index is 1860. The number of nitrogens with zero attached hydrogens (tertiary/aromatic N) is 3. The fourth-order valence-electron chi connectivity index (χ4n) is 5.24. The van der Waals surface area contributed by atoms with E-state index in [0.29, 0.717) is 28.8 Å². The maximum absolute atomic E-state index is 13.3. The number of hydrogen-bond acceptors (Lipinski definition) is 8. The molecule has 0 bridgehead atoms. The largest absolute Gasteiger partial charge is 0.437 e. The Morgan fingerprint density at radius 1 is 0.976 bits per heavy atom. The quantitative estimate of drug-likeness (QED) is 0.206. The van der Waals surface area contributed by atoms with Gasteiger partial charge in [0.15, 0.2) is 9.84 Å². The van der Waals surface area contributed by atoms with E-state index in [2.05, 4.69) is 20.6 Å². The normalized spacial score (nSPS) is 15.4. The van der Waals surface area contributed by atoms with Crippen molar-refractivity contribution in [3.63, 3.8) is 0 Å². The van der Waals surface area contributed by atoms with Crippen LogP contribution in [0.2, 0.25) is 5.02 Å². The van der Waals surface area contributed by atoms with Crippen molar-refractivity contribution in [3.05, 3.63) is 101 Å². The Hall–Kier alpha value is -4.05. The third-order valence-corrected chi connectivity index (χ3v) is 9.51. The first-order valence-corrected chi connectivity index (χ1v) is 15.8. The summed E-state index contributed by atoms with van der Waals surface area (Å²) >= 11 is 6.23. The van der Waals surface area contributed by atoms with Crippen molar-refractivity contribution in [2.24, 2.45) is 0 Å². The fraction of sp³-hybridized carbons (Fsp3) is 0.219. The number of rotatable bonds is 8. The molecule has 0 radical (unpaired) electrons. The third kappa shape index (κ3) is 5.94. The van der Waals surface area contributed by atoms with Gasteiger partial charge in [0, 0.05) is 30.4 Å². The Kier molecular flexibility index (Phi) is 8.06. The SMILES string of the molecule is Cc1ccc2c(CS(=O)(=O)c3ccccc3Cl)cccc2c1Oc1ncccc1-c1ccnc(N[C@H]2CCCNC2)n1. The molecule has 2 N–H and O–H groups in total. The van der Waals surface area contributed by atoms with Gasteiger partial charge in [0.25, 0.3) is 0 Å². The van der Waals surface area contributed by atoms with E-state index in [1.807, 2.05) is 55.5 Å². The van der Waals surface area contributed by atoms with Crippen LogP contribution in [0.25, 0.3) is 22.0 Å². The van der Waals surface area contributed by atoms with Crippen LogP contribution in [-0.4, -0.2) is 42.5 Å². The van der Waals surface area contributed by atoms with Crippen molar-refractivity contribution in [3.8, 4) is 22.9 Å². The molecule has 42 heavy (non-hydrogen) atoms. The first-order chi connectivity index (χ1) is 20.4. The zero-order chi connectivity index (χ0) is 29.1. The highest BCUT2D eigenvalue weighted by Gasteiger charge is 2.21. The lowest BCUT2D eigenvalue weighted by Gasteiger charge is -2.23. The predicted octanol–water partition coefficient (Wildman–Crippen LogP) is 6.58. The zero-order valence-electron chi connectivity index (χ0n) is 23.0. The van der Waals surface area contributed by atoms with Crippen molar-refractivity contribution in [1.82, 2.24) is 20.3 Å². The minimum absolute atomic E-state index is 0.115. The predicted molar refractivity (Wildman–Crippen MR) is 166 cm³/mol. The van der Waals surface area contributed by atoms with Crippen LogP contribution in [0.15, 0.2) is 90.1 Å². The summed E-state index contributed by atoms with van der Waals surface area (Å²) in [5.41, 5.74) is 2.95. The number of sulfone groups is 1. The molecule has 0 amide bonds. The number of aryl methyl sites for hydroxylation is 1. The van der Waals surface area contributed by atoms with E-state index >= 15 is 0 Å². The van der Waals surface area contributed by atoms with Gasteiger partial charge in [-0.2, -0.15) is 0 Å². The van der Waals surface area contributed by atoms with Crippen LogP contribution in [0, 0.1) is 6.92 Å². The summed E-state index contributed by atoms with van der Waals surface area (Å²) in [6.45, 7) is 3.86. The van der Waals surface area contributed by atoms with Gasteiger partial charge in [0.2, 0.25) is 11.8 Å². The van der Waals surface area contributed by atoms with E-state index in [-0.39, 0.29) is 21.7 Å². The number of benzene rings is 3. The summed E-state index contributed by atoms with van der Waals surface area (Å²) < 4.78 is 33.1. The lowest BCUT2D eigenvalue weighted by atomic mass is 10.0. The van der Waals surface area contributed by atoms with Crippen LogP contribution in [0.1, 0.15) is 24.0 Å². The summed E-state index contributed by atoms with van der Waals surface area (Å²) in [7, 11) is -3.68. The summed E-state index contributed by atoms with van der Waals surface area (Å²) in [4.78, 5) is 13.9. The molecule has 1 fully saturated rings. The molecule has 10 heteroatoms. The Labute approximate surface area is 250 Å². The average Bonchev–Trinajstić information content (AvgIpc) is 2.99. The highest BCUT2D eigenvalue weighted by Crippen LogP contribution is 2.38. The van der Waals surface area contributed by atoms with E-state index in [0.717, 1.165) is 47.8 Å². The second kappa shape index (κ2) is 12.1. The van der Waals surface area contributed by atoms with Crippen molar-refractivity contribution < 1.29 is 13.2 Å². The topological polar surface area (TPSA) is 106 Å². The van der Waals surface area contributed by atoms with Gasteiger partial charge in [-0.05, 0) is 73.2 Å². The molecule has 0 spiro atoms. The Morgan fingerprint density at radius 2 is 1.86 bits per heavy atom. The van der Waals surface area contributed by atoms with Crippen molar-refractivity contribution in [2.75, 3.05) is 18.4 Å². The standard InChI is InChI=1S/C32H30ClN5O3S/c1-21-13-14-24-22(20-42(39,40)29-12-3-2-11-27(29)33)7-4-9-25(24)30(21)41-31-26(10-6-17-35-31)28-15-18-36-32(38-28)37-23-8-5-16-34-19-23/h2-4,6-7,9-15,17-18,23,34H,5,8,16,19-20H2,1H3,(H,36,37,38)/t23-/m0/s1. The van der Waals surface area contributed by atoms with Crippen LogP contribution in [0.5, 0.6) is 11.6 Å². The van der Waals surface area contributed by atoms with E-state index < -0.39 is 9.84 Å². The first-order valence-electron chi connectivity index (χ1n) is 13.8. The summed E-state index contributed by atoms with van der Waals surface area (Å²) in [5, 5.41) is 8.60. The molecule has 214 valence electrons. The van der Waals surface area contributed by atoms with E-state index in [9.17, 15) is 8.42 Å². The molecule has 0 unspecified atom stereocenters. The molecule has 0 saturated carbocycles. The molecule has 8 nitrogen and oxygen atoms in total. The van der Waals surface area contributed by atoms with E-state index in [4.69, 9.17) is 21.3 Å². The monoisotopic (exact) mass is 599 g/mol. The molecular formula is C32H30ClN5O3S. The Balaban J connectivity index is 1.34. The smallest absolute Gasteiger partial charge is 0.228 e. The van der Waals surface area contributed by atoms with Crippen molar-refractivity contribution in [1.29, 1.82) is 0 Å². The van der Waals surface area contributed by atoms with Gasteiger partial charge in [-0.3, -0.25) is 0 Å². The molecule has 1 aliphatic rings. The third-order valence-electron chi connectivity index (χ3n) is 7.35. The van der Waals surface area contributed by atoms with E-state index in [1.165, 1.54) is 6.07 Å². The number of hydrogen-bond donors (Lipinski definition) is 2. The molecule has 1 saturated heterocycles. The first kappa shape index (κ1) is 28.1. The highest BCUT2D eigenvalue weighted by molar-refractivity contribution is 7.90. The van der Waals surface area contributed by atoms with Crippen LogP contribution in [0.4, 0.5) is 5.95 Å². The molecule has 3 heterocycles. The van der Waals surface area contributed by atoms with Crippen molar-refractivity contribution >= 4 is 38.2 Å². The van der Waals surface area contributed by atoms with Gasteiger partial charge in [-0.25, -0.2) is 23.4 Å². The number of anilines is 1. The lowest BCUT2D eigenvalue weighted by molar-refractivity contribution is 0.466. The van der Waals surface area contributed by atoms with Gasteiger partial charge in [-0.1, -0.05) is 54.1 Å². The van der Waals surface area contributed by atoms with Gasteiger partial charge in [-0.15, -0.1) is 0 Å². The van der Waals surface area contributed by atoms with Gasteiger partial charge < -0.3 is 15.4 Å². The molecule has 2 aromatic heterocycles. The van der Waals surface area contributed by atoms with Crippen LogP contribution >= 0.6 is 11.6 Å². The maximum Gasteiger partial charge on any atom is 0.228 e. The minimum Gasteiger partial charge on any atom is -0.437 e. The second-order valence-electron chi connectivity index (χ2n) is 10.3. The number of fused-ring (bicyclic) bond motifs is 1. The number of nitrogens with one attached hydrogen (secondary N) is 2. The number of pyridine rings is 1. The molecule has 1 aliphatic heterocycles. The maximum atomic E-state index is 13.3. The number of halogens is 1. The molecule has 5 aromatic rings. The molecular weight excluding hydrogens is 570 g/mol. The van der Waals surface area contributed by atoms with Crippen LogP contribution in [-0.2, 0) is 15.6 Å². The lowest BCUT2D eigenvalue weighted by Crippen LogP contribution is -2.38. The van der Waals surface area contributed by atoms with Gasteiger partial charge >= 0.3 is 0 Å². The fourth-order valence-corrected chi connectivity index (χ4v) is 7.20. The minimum atomic E-state index is -3.68. The van der Waals surface area contributed by atoms with Crippen molar-refractivity contribution in [2.45, 2.75) is 36.5 Å². The molecule has 1 atom stereocenters. The zero-order valence-corrected chi connectivity index (χ0v) is 24.6. The number of ether oxygens (including phenoxy) is 1. The van der Waals surface area contributed by atoms with E-state index in [1.54, 1.807) is 30.6 Å². The molecule has 6 rings (SSSR count). The molecule has 3 aromatic carbocycles. The summed E-state index contributed by atoms with van der Waals surface area (Å²) in [6, 6.07) is 21.8. The van der Waals surface area contributed by atoms with Crippen LogP contribution in [0.3, 0.4) is 0 Å². The number of piperidine rings is 1. The summed E-state index contributed by atoms with van der Waals surface area (Å²) in [5.74, 6) is 1.36. The highest BCUT2D eigenvalue weighted by atomic mass is 35.5. The number of aromatic nitrogens is 3. The Morgan fingerprint density at radius 3 is 2.69 bits per heavy atom. The second-order valence-corrected chi connectivity index (χ2v) is 12.7.